The highest BCUT2D eigenvalue weighted by Gasteiger charge is 2.32. The van der Waals surface area contributed by atoms with Crippen LogP contribution in [-0.4, -0.2) is 67.0 Å². The number of hydrogen-bond donors (Lipinski definition) is 2. The summed E-state index contributed by atoms with van der Waals surface area (Å²) in [5.74, 6) is 2.10. The lowest BCUT2D eigenvalue weighted by Crippen LogP contribution is -2.55. The third-order valence-corrected chi connectivity index (χ3v) is 7.30. The summed E-state index contributed by atoms with van der Waals surface area (Å²) in [5.41, 5.74) is 2.30. The number of nitrogens with one attached hydrogen (secondary N) is 2. The molecule has 1 amide bonds. The van der Waals surface area contributed by atoms with Crippen LogP contribution in [0.4, 0.5) is 38.3 Å². The smallest absolute Gasteiger partial charge is 0.410 e. The van der Waals surface area contributed by atoms with Crippen LogP contribution < -0.4 is 15.5 Å². The molecule has 1 saturated carbocycles. The first-order chi connectivity index (χ1) is 19.4. The van der Waals surface area contributed by atoms with E-state index >= 15 is 0 Å². The summed E-state index contributed by atoms with van der Waals surface area (Å²) in [6.07, 6.45) is 3.42. The molecule has 220 valence electrons. The van der Waals surface area contributed by atoms with Gasteiger partial charge in [0.15, 0.2) is 11.6 Å². The summed E-state index contributed by atoms with van der Waals surface area (Å²) < 4.78 is 22.2. The van der Waals surface area contributed by atoms with E-state index in [9.17, 15) is 9.18 Å². The molecule has 2 N–H and O–H groups in total. The van der Waals surface area contributed by atoms with Crippen molar-refractivity contribution in [1.82, 2.24) is 29.6 Å². The molecule has 1 aliphatic carbocycles. The zero-order valence-corrected chi connectivity index (χ0v) is 25.0. The number of aromatic nitrogens is 5. The van der Waals surface area contributed by atoms with Gasteiger partial charge in [-0.05, 0) is 78.9 Å². The molecule has 1 saturated heterocycles. The first kappa shape index (κ1) is 28.6. The first-order valence-electron chi connectivity index (χ1n) is 14.3. The number of aryl methyl sites for hydroxylation is 3. The number of carbonyl (C=O) groups excluding carboxylic acids is 1. The van der Waals surface area contributed by atoms with Crippen LogP contribution in [0.15, 0.2) is 18.3 Å². The van der Waals surface area contributed by atoms with Crippen molar-refractivity contribution in [2.75, 3.05) is 35.2 Å². The Kier molecular flexibility index (Phi) is 7.76. The number of piperazine rings is 1. The summed E-state index contributed by atoms with van der Waals surface area (Å²) in [7, 11) is 0. The molecular weight excluding hydrogens is 525 g/mol. The van der Waals surface area contributed by atoms with E-state index in [1.54, 1.807) is 24.1 Å². The van der Waals surface area contributed by atoms with Crippen molar-refractivity contribution in [3.8, 4) is 0 Å². The van der Waals surface area contributed by atoms with E-state index in [1.165, 1.54) is 0 Å². The van der Waals surface area contributed by atoms with Gasteiger partial charge in [-0.1, -0.05) is 0 Å². The van der Waals surface area contributed by atoms with Crippen LogP contribution >= 0.6 is 0 Å². The lowest BCUT2D eigenvalue weighted by atomic mass is 10.1. The second-order valence-corrected chi connectivity index (χ2v) is 11.9. The van der Waals surface area contributed by atoms with Crippen LogP contribution in [-0.2, 0) is 11.3 Å². The van der Waals surface area contributed by atoms with Crippen molar-refractivity contribution in [3.05, 3.63) is 41.1 Å². The number of anilines is 5. The predicted octanol–water partition coefficient (Wildman–Crippen LogP) is 5.65. The molecule has 5 rings (SSSR count). The van der Waals surface area contributed by atoms with Crippen LogP contribution in [0.1, 0.15) is 70.3 Å². The summed E-state index contributed by atoms with van der Waals surface area (Å²) in [4.78, 5) is 30.5. The first-order valence-corrected chi connectivity index (χ1v) is 14.3. The number of amides is 1. The van der Waals surface area contributed by atoms with Crippen molar-refractivity contribution in [1.29, 1.82) is 0 Å². The molecule has 3 aromatic rings. The Balaban J connectivity index is 1.42. The maximum atomic E-state index is 14.7. The Morgan fingerprint density at radius 3 is 2.51 bits per heavy atom. The lowest BCUT2D eigenvalue weighted by molar-refractivity contribution is 0.0159. The highest BCUT2D eigenvalue weighted by atomic mass is 19.1. The van der Waals surface area contributed by atoms with E-state index in [1.807, 2.05) is 52.3 Å². The van der Waals surface area contributed by atoms with Crippen molar-refractivity contribution >= 4 is 35.2 Å². The van der Waals surface area contributed by atoms with E-state index in [2.05, 4.69) is 30.6 Å². The molecule has 2 fully saturated rings. The molecule has 3 aromatic heterocycles. The van der Waals surface area contributed by atoms with Gasteiger partial charge in [-0.15, -0.1) is 0 Å². The molecule has 12 heteroatoms. The third kappa shape index (κ3) is 6.52. The SMILES string of the molecule is CCn1nc(Nc2nc(Nc3cc(C4CC4)c(F)c(C)n3)ncc2N2CCN(C(=O)OC(C)(C)C)[C@H](C)C2)cc1C. The van der Waals surface area contributed by atoms with E-state index in [0.717, 1.165) is 30.8 Å². The largest absolute Gasteiger partial charge is 0.444 e. The fourth-order valence-corrected chi connectivity index (χ4v) is 5.09. The minimum absolute atomic E-state index is 0.0852. The van der Waals surface area contributed by atoms with Gasteiger partial charge in [0.25, 0.3) is 0 Å². The Morgan fingerprint density at radius 2 is 1.88 bits per heavy atom. The summed E-state index contributed by atoms with van der Waals surface area (Å²) in [6.45, 7) is 15.8. The molecule has 41 heavy (non-hydrogen) atoms. The molecule has 2 aliphatic rings. The highest BCUT2D eigenvalue weighted by molar-refractivity contribution is 5.73. The number of rotatable bonds is 7. The average Bonchev–Trinajstić information content (AvgIpc) is 3.67. The van der Waals surface area contributed by atoms with Crippen LogP contribution in [0, 0.1) is 19.7 Å². The fourth-order valence-electron chi connectivity index (χ4n) is 5.09. The molecule has 11 nitrogen and oxygen atoms in total. The Bertz CT molecular complexity index is 1430. The zero-order chi connectivity index (χ0) is 29.5. The quantitative estimate of drug-likeness (QED) is 0.375. The molecule has 0 unspecified atom stereocenters. The van der Waals surface area contributed by atoms with Crippen molar-refractivity contribution in [2.45, 2.75) is 85.4 Å². The molecule has 0 bridgehead atoms. The maximum Gasteiger partial charge on any atom is 0.410 e. The van der Waals surface area contributed by atoms with Gasteiger partial charge in [-0.3, -0.25) is 4.68 Å². The molecule has 0 aromatic carbocycles. The van der Waals surface area contributed by atoms with Crippen LogP contribution in [0.3, 0.4) is 0 Å². The van der Waals surface area contributed by atoms with E-state index in [4.69, 9.17) is 9.72 Å². The lowest BCUT2D eigenvalue weighted by Gasteiger charge is -2.41. The second-order valence-electron chi connectivity index (χ2n) is 11.9. The summed E-state index contributed by atoms with van der Waals surface area (Å²) >= 11 is 0. The number of hydrogen-bond acceptors (Lipinski definition) is 9. The number of halogens is 1. The van der Waals surface area contributed by atoms with Crippen LogP contribution in [0.2, 0.25) is 0 Å². The molecule has 1 atom stereocenters. The maximum absolute atomic E-state index is 14.7. The molecule has 1 aliphatic heterocycles. The molecule has 4 heterocycles. The monoisotopic (exact) mass is 565 g/mol. The summed E-state index contributed by atoms with van der Waals surface area (Å²) in [5, 5.41) is 11.2. The standard InChI is InChI=1S/C29H40FN9O2/c1-8-39-17(2)13-24(36-39)33-26-22(37-11-12-38(18(3)16-37)28(40)41-29(5,6)7)15-31-27(35-26)34-23-14-21(20-9-10-20)25(30)19(4)32-23/h13-15,18,20H,8-12,16H2,1-7H3,(H2,31,32,33,34,35,36)/t18-/m1/s1. The van der Waals surface area contributed by atoms with Crippen LogP contribution in [0.5, 0.6) is 0 Å². The van der Waals surface area contributed by atoms with Gasteiger partial charge in [-0.2, -0.15) is 10.1 Å². The number of carbonyl (C=O) groups is 1. The van der Waals surface area contributed by atoms with Gasteiger partial charge >= 0.3 is 6.09 Å². The second kappa shape index (κ2) is 11.1. The van der Waals surface area contributed by atoms with E-state index in [-0.39, 0.29) is 23.9 Å². The number of ether oxygens (including phenoxy) is 1. The number of nitrogens with zero attached hydrogens (tertiary/aromatic N) is 7. The van der Waals surface area contributed by atoms with Crippen LogP contribution in [0.25, 0.3) is 0 Å². The Labute approximate surface area is 240 Å². The topological polar surface area (TPSA) is 113 Å². The van der Waals surface area contributed by atoms with Gasteiger partial charge in [-0.25, -0.2) is 19.2 Å². The molecule has 0 spiro atoms. The number of pyridine rings is 1. The highest BCUT2D eigenvalue weighted by Crippen LogP contribution is 2.42. The van der Waals surface area contributed by atoms with Crippen molar-refractivity contribution in [3.63, 3.8) is 0 Å². The van der Waals surface area contributed by atoms with E-state index in [0.29, 0.717) is 54.3 Å². The molecular formula is C29H40FN9O2. The van der Waals surface area contributed by atoms with Gasteiger partial charge in [0, 0.05) is 44.0 Å². The zero-order valence-electron chi connectivity index (χ0n) is 25.0. The predicted molar refractivity (Wildman–Crippen MR) is 157 cm³/mol. The average molecular weight is 566 g/mol. The minimum atomic E-state index is -0.556. The Hall–Kier alpha value is -3.96. The third-order valence-electron chi connectivity index (χ3n) is 7.30. The summed E-state index contributed by atoms with van der Waals surface area (Å²) in [6, 6.07) is 3.64. The van der Waals surface area contributed by atoms with Gasteiger partial charge in [0.1, 0.15) is 17.2 Å². The normalized spacial score (nSPS) is 17.5. The molecule has 0 radical (unpaired) electrons. The van der Waals surface area contributed by atoms with Crippen molar-refractivity contribution in [2.24, 2.45) is 0 Å². The fraction of sp³-hybridized carbons (Fsp3) is 0.552. The van der Waals surface area contributed by atoms with Crippen molar-refractivity contribution < 1.29 is 13.9 Å². The van der Waals surface area contributed by atoms with Gasteiger partial charge in [0.05, 0.1) is 17.6 Å². The van der Waals surface area contributed by atoms with Gasteiger partial charge < -0.3 is 25.2 Å². The minimum Gasteiger partial charge on any atom is -0.444 e. The Morgan fingerprint density at radius 1 is 1.12 bits per heavy atom. The van der Waals surface area contributed by atoms with Gasteiger partial charge in [0.2, 0.25) is 5.95 Å². The van der Waals surface area contributed by atoms with E-state index < -0.39 is 5.60 Å².